The Morgan fingerprint density at radius 3 is 2.73 bits per heavy atom. The molecule has 0 atom stereocenters. The van der Waals surface area contributed by atoms with Gasteiger partial charge in [0.05, 0.1) is 12.0 Å². The summed E-state index contributed by atoms with van der Waals surface area (Å²) in [5.74, 6) is -0.416. The van der Waals surface area contributed by atoms with Crippen molar-refractivity contribution < 1.29 is 13.9 Å². The maximum Gasteiger partial charge on any atom is 0.267 e. The Kier molecular flexibility index (Phi) is 4.95. The Balaban J connectivity index is 1.73. The van der Waals surface area contributed by atoms with E-state index in [0.29, 0.717) is 22.1 Å². The van der Waals surface area contributed by atoms with Crippen LogP contribution in [0, 0.1) is 5.82 Å². The molecule has 2 aromatic carbocycles. The molecule has 0 fully saturated rings. The number of aromatic nitrogens is 2. The predicted octanol–water partition coefficient (Wildman–Crippen LogP) is 4.46. The van der Waals surface area contributed by atoms with E-state index in [1.807, 2.05) is 0 Å². The van der Waals surface area contributed by atoms with E-state index in [-0.39, 0.29) is 0 Å². The van der Waals surface area contributed by atoms with Crippen LogP contribution in [0.1, 0.15) is 13.8 Å². The minimum Gasteiger partial charge on any atom is -0.478 e. The van der Waals surface area contributed by atoms with Gasteiger partial charge in [0.2, 0.25) is 0 Å². The fourth-order valence-electron chi connectivity index (χ4n) is 2.35. The van der Waals surface area contributed by atoms with E-state index in [2.05, 4.69) is 10.3 Å². The Labute approximate surface area is 155 Å². The zero-order valence-electron chi connectivity index (χ0n) is 14.2. The van der Waals surface area contributed by atoms with Crippen molar-refractivity contribution in [2.75, 3.05) is 5.32 Å². The Bertz CT molecular complexity index is 926. The van der Waals surface area contributed by atoms with Crippen molar-refractivity contribution in [2.24, 2.45) is 0 Å². The number of amides is 1. The van der Waals surface area contributed by atoms with E-state index in [1.54, 1.807) is 67.2 Å². The molecule has 1 heterocycles. The van der Waals surface area contributed by atoms with Gasteiger partial charge in [0.1, 0.15) is 11.6 Å². The van der Waals surface area contributed by atoms with E-state index in [4.69, 9.17) is 16.3 Å². The Morgan fingerprint density at radius 1 is 1.27 bits per heavy atom. The fourth-order valence-corrected chi connectivity index (χ4v) is 2.53. The number of halogens is 2. The highest BCUT2D eigenvalue weighted by Crippen LogP contribution is 2.24. The Hall–Kier alpha value is -2.86. The van der Waals surface area contributed by atoms with Crippen molar-refractivity contribution >= 4 is 23.2 Å². The topological polar surface area (TPSA) is 56.1 Å². The highest BCUT2D eigenvalue weighted by molar-refractivity contribution is 6.30. The van der Waals surface area contributed by atoms with Crippen LogP contribution >= 0.6 is 11.6 Å². The molecule has 1 amide bonds. The first kappa shape index (κ1) is 17.9. The van der Waals surface area contributed by atoms with Crippen LogP contribution in [0.2, 0.25) is 5.02 Å². The summed E-state index contributed by atoms with van der Waals surface area (Å²) >= 11 is 5.93. The zero-order valence-corrected chi connectivity index (χ0v) is 15.0. The van der Waals surface area contributed by atoms with Crippen LogP contribution in [-0.2, 0) is 4.79 Å². The maximum atomic E-state index is 14.3. The lowest BCUT2D eigenvalue weighted by atomic mass is 10.1. The van der Waals surface area contributed by atoms with Crippen molar-refractivity contribution in [3.8, 4) is 11.4 Å². The number of anilines is 1. The number of nitrogens with zero attached hydrogens (tertiary/aromatic N) is 2. The van der Waals surface area contributed by atoms with Gasteiger partial charge in [0.15, 0.2) is 5.60 Å². The van der Waals surface area contributed by atoms with Crippen LogP contribution in [0.4, 0.5) is 10.1 Å². The molecule has 5 nitrogen and oxygen atoms in total. The third-order valence-corrected chi connectivity index (χ3v) is 3.94. The van der Waals surface area contributed by atoms with E-state index >= 15 is 0 Å². The number of carbonyl (C=O) groups excluding carboxylic acids is 1. The van der Waals surface area contributed by atoms with Crippen LogP contribution in [0.3, 0.4) is 0 Å². The first-order valence-electron chi connectivity index (χ1n) is 7.89. The van der Waals surface area contributed by atoms with E-state index in [0.717, 1.165) is 0 Å². The maximum absolute atomic E-state index is 14.3. The smallest absolute Gasteiger partial charge is 0.267 e. The summed E-state index contributed by atoms with van der Waals surface area (Å²) in [7, 11) is 0. The monoisotopic (exact) mass is 373 g/mol. The van der Waals surface area contributed by atoms with Crippen molar-refractivity contribution in [1.29, 1.82) is 0 Å². The summed E-state index contributed by atoms with van der Waals surface area (Å²) in [5, 5.41) is 3.18. The Morgan fingerprint density at radius 2 is 2.08 bits per heavy atom. The van der Waals surface area contributed by atoms with Gasteiger partial charge in [-0.05, 0) is 50.2 Å². The molecule has 3 rings (SSSR count). The molecule has 0 bridgehead atoms. The van der Waals surface area contributed by atoms with Crippen molar-refractivity contribution in [2.45, 2.75) is 19.4 Å². The fraction of sp³-hybridized carbons (Fsp3) is 0.158. The highest BCUT2D eigenvalue weighted by Gasteiger charge is 2.30. The van der Waals surface area contributed by atoms with Gasteiger partial charge in [-0.15, -0.1) is 0 Å². The standard InChI is InChI=1S/C19H17ClFN3O2/c1-19(2,26-15-5-3-4-13(20)10-15)18(25)23-14-6-7-17(16(21)11-14)24-9-8-22-12-24/h3-12H,1-2H3,(H,23,25). The minimum atomic E-state index is -1.18. The summed E-state index contributed by atoms with van der Waals surface area (Å²) in [6.45, 7) is 3.25. The number of hydrogen-bond donors (Lipinski definition) is 1. The first-order chi connectivity index (χ1) is 12.3. The molecular weight excluding hydrogens is 357 g/mol. The molecule has 1 N–H and O–H groups in total. The lowest BCUT2D eigenvalue weighted by molar-refractivity contribution is -0.128. The van der Waals surface area contributed by atoms with Gasteiger partial charge in [0.25, 0.3) is 5.91 Å². The summed E-state index contributed by atoms with van der Waals surface area (Å²) in [5.41, 5.74) is -0.501. The molecule has 0 saturated heterocycles. The second kappa shape index (κ2) is 7.17. The average Bonchev–Trinajstić information content (AvgIpc) is 3.08. The molecule has 0 radical (unpaired) electrons. The van der Waals surface area contributed by atoms with Crippen molar-refractivity contribution in [3.63, 3.8) is 0 Å². The number of benzene rings is 2. The van der Waals surface area contributed by atoms with Crippen LogP contribution in [0.5, 0.6) is 5.75 Å². The second-order valence-corrected chi connectivity index (χ2v) is 6.60. The number of ether oxygens (including phenoxy) is 1. The minimum absolute atomic E-state index is 0.333. The quantitative estimate of drug-likeness (QED) is 0.718. The summed E-state index contributed by atoms with van der Waals surface area (Å²) in [4.78, 5) is 16.4. The van der Waals surface area contributed by atoms with Gasteiger partial charge < -0.3 is 14.6 Å². The van der Waals surface area contributed by atoms with Gasteiger partial charge in [-0.25, -0.2) is 9.37 Å². The molecule has 134 valence electrons. The molecule has 0 aliphatic heterocycles. The third-order valence-electron chi connectivity index (χ3n) is 3.70. The van der Waals surface area contributed by atoms with E-state index in [1.165, 1.54) is 12.4 Å². The molecule has 7 heteroatoms. The molecule has 0 saturated carbocycles. The number of rotatable bonds is 5. The summed E-state index contributed by atoms with van der Waals surface area (Å²) < 4.78 is 21.6. The van der Waals surface area contributed by atoms with Crippen LogP contribution in [0.15, 0.2) is 61.2 Å². The van der Waals surface area contributed by atoms with Crippen LogP contribution in [-0.4, -0.2) is 21.1 Å². The number of hydrogen-bond acceptors (Lipinski definition) is 3. The van der Waals surface area contributed by atoms with Gasteiger partial charge in [-0.2, -0.15) is 0 Å². The van der Waals surface area contributed by atoms with Crippen LogP contribution in [0.25, 0.3) is 5.69 Å². The third kappa shape index (κ3) is 4.03. The van der Waals surface area contributed by atoms with Crippen molar-refractivity contribution in [1.82, 2.24) is 9.55 Å². The predicted molar refractivity (Wildman–Crippen MR) is 98.3 cm³/mol. The van der Waals surface area contributed by atoms with Gasteiger partial charge in [-0.3, -0.25) is 4.79 Å². The first-order valence-corrected chi connectivity index (χ1v) is 8.27. The second-order valence-electron chi connectivity index (χ2n) is 6.16. The number of carbonyl (C=O) groups is 1. The normalized spacial score (nSPS) is 11.2. The summed E-state index contributed by atoms with van der Waals surface area (Å²) in [6, 6.07) is 11.2. The van der Waals surface area contributed by atoms with Gasteiger partial charge in [-0.1, -0.05) is 17.7 Å². The molecule has 0 spiro atoms. The lowest BCUT2D eigenvalue weighted by Crippen LogP contribution is -2.42. The lowest BCUT2D eigenvalue weighted by Gasteiger charge is -2.25. The molecular formula is C19H17ClFN3O2. The molecule has 26 heavy (non-hydrogen) atoms. The van der Waals surface area contributed by atoms with Crippen LogP contribution < -0.4 is 10.1 Å². The van der Waals surface area contributed by atoms with Crippen molar-refractivity contribution in [3.05, 3.63) is 72.0 Å². The molecule has 0 aliphatic carbocycles. The summed E-state index contributed by atoms with van der Waals surface area (Å²) in [6.07, 6.45) is 4.70. The van der Waals surface area contributed by atoms with Gasteiger partial charge in [0, 0.05) is 23.1 Å². The van der Waals surface area contributed by atoms with E-state index < -0.39 is 17.3 Å². The molecule has 0 aliphatic rings. The average molecular weight is 374 g/mol. The molecule has 3 aromatic rings. The van der Waals surface area contributed by atoms with E-state index in [9.17, 15) is 9.18 Å². The molecule has 0 unspecified atom stereocenters. The largest absolute Gasteiger partial charge is 0.478 e. The zero-order chi connectivity index (χ0) is 18.7. The van der Waals surface area contributed by atoms with Gasteiger partial charge >= 0.3 is 0 Å². The highest BCUT2D eigenvalue weighted by atomic mass is 35.5. The number of nitrogens with one attached hydrogen (secondary N) is 1. The number of imidazole rings is 1. The SMILES string of the molecule is CC(C)(Oc1cccc(Cl)c1)C(=O)Nc1ccc(-n2ccnc2)c(F)c1. The molecule has 1 aromatic heterocycles.